The molecular formula is C33H27N3S6. The molecule has 0 spiro atoms. The number of hydrogen-bond acceptors (Lipinski definition) is 9. The van der Waals surface area contributed by atoms with Gasteiger partial charge in [0, 0.05) is 43.9 Å². The van der Waals surface area contributed by atoms with E-state index >= 15 is 0 Å². The van der Waals surface area contributed by atoms with Crippen molar-refractivity contribution in [1.29, 1.82) is 0 Å². The average molecular weight is 658 g/mol. The van der Waals surface area contributed by atoms with Crippen molar-refractivity contribution in [3.05, 3.63) is 87.4 Å². The van der Waals surface area contributed by atoms with Crippen molar-refractivity contribution in [3.63, 3.8) is 0 Å². The Morgan fingerprint density at radius 2 is 0.571 bits per heavy atom. The standard InChI is InChI=1S/C33H27N3S6/c1-4-19-7-10-22(37-19)25-13-16-28(40-25)31-34-32(29-17-14-26(41-29)23-11-8-20(5-2)38-23)36-33(35-31)30-18-15-27(42-30)24-12-9-21(6-3)39-24/h7-18H,4-6H2,1-3H3. The van der Waals surface area contributed by atoms with Crippen LogP contribution in [0.4, 0.5) is 0 Å². The fourth-order valence-corrected chi connectivity index (χ4v) is 10.5. The van der Waals surface area contributed by atoms with E-state index < -0.39 is 0 Å². The highest BCUT2D eigenvalue weighted by molar-refractivity contribution is 7.25. The van der Waals surface area contributed by atoms with Crippen LogP contribution in [-0.4, -0.2) is 15.0 Å². The van der Waals surface area contributed by atoms with Gasteiger partial charge in [0.05, 0.1) is 14.6 Å². The van der Waals surface area contributed by atoms with E-state index in [0.29, 0.717) is 0 Å². The lowest BCUT2D eigenvalue weighted by molar-refractivity contribution is 1.09. The van der Waals surface area contributed by atoms with Crippen molar-refractivity contribution in [2.45, 2.75) is 40.0 Å². The van der Waals surface area contributed by atoms with Gasteiger partial charge in [-0.1, -0.05) is 20.8 Å². The smallest absolute Gasteiger partial charge is 0.174 e. The Morgan fingerprint density at radius 1 is 0.333 bits per heavy atom. The van der Waals surface area contributed by atoms with Crippen molar-refractivity contribution in [2.75, 3.05) is 0 Å². The third kappa shape index (κ3) is 5.62. The Kier molecular flexibility index (Phi) is 8.05. The van der Waals surface area contributed by atoms with Crippen molar-refractivity contribution in [1.82, 2.24) is 15.0 Å². The molecular weight excluding hydrogens is 631 g/mol. The molecule has 7 aromatic heterocycles. The summed E-state index contributed by atoms with van der Waals surface area (Å²) in [6, 6.07) is 26.4. The second-order valence-electron chi connectivity index (χ2n) is 9.66. The maximum atomic E-state index is 5.05. The predicted molar refractivity (Wildman–Crippen MR) is 188 cm³/mol. The van der Waals surface area contributed by atoms with Gasteiger partial charge in [-0.05, 0) is 92.1 Å². The lowest BCUT2D eigenvalue weighted by Crippen LogP contribution is -1.97. The molecule has 42 heavy (non-hydrogen) atoms. The van der Waals surface area contributed by atoms with Gasteiger partial charge in [-0.15, -0.1) is 68.0 Å². The molecule has 0 saturated heterocycles. The molecule has 0 radical (unpaired) electrons. The van der Waals surface area contributed by atoms with Crippen LogP contribution < -0.4 is 0 Å². The number of nitrogens with zero attached hydrogens (tertiary/aromatic N) is 3. The molecule has 0 aliphatic rings. The van der Waals surface area contributed by atoms with E-state index in [1.165, 1.54) is 43.9 Å². The lowest BCUT2D eigenvalue weighted by atomic mass is 10.3. The summed E-state index contributed by atoms with van der Waals surface area (Å²) in [5.74, 6) is 2.20. The highest BCUT2D eigenvalue weighted by atomic mass is 32.1. The molecule has 7 rings (SSSR count). The van der Waals surface area contributed by atoms with E-state index in [4.69, 9.17) is 15.0 Å². The van der Waals surface area contributed by atoms with Gasteiger partial charge >= 0.3 is 0 Å². The topological polar surface area (TPSA) is 38.7 Å². The summed E-state index contributed by atoms with van der Waals surface area (Å²) in [6.07, 6.45) is 3.18. The fourth-order valence-electron chi connectivity index (χ4n) is 4.58. The van der Waals surface area contributed by atoms with Crippen LogP contribution in [0, 0.1) is 0 Å². The Labute approximate surface area is 269 Å². The second kappa shape index (κ2) is 12.1. The lowest BCUT2D eigenvalue weighted by Gasteiger charge is -2.04. The molecule has 7 heterocycles. The molecule has 9 heteroatoms. The van der Waals surface area contributed by atoms with Gasteiger partial charge in [-0.25, -0.2) is 15.0 Å². The van der Waals surface area contributed by atoms with Crippen molar-refractivity contribution >= 4 is 68.0 Å². The minimum atomic E-state index is 0.734. The van der Waals surface area contributed by atoms with Crippen LogP contribution in [0.15, 0.2) is 72.8 Å². The zero-order valence-corrected chi connectivity index (χ0v) is 28.2. The van der Waals surface area contributed by atoms with Gasteiger partial charge < -0.3 is 0 Å². The number of aromatic nitrogens is 3. The van der Waals surface area contributed by atoms with E-state index in [0.717, 1.165) is 51.4 Å². The van der Waals surface area contributed by atoms with Gasteiger partial charge in [0.2, 0.25) is 0 Å². The molecule has 210 valence electrons. The number of thiophene rings is 6. The summed E-state index contributed by atoms with van der Waals surface area (Å²) < 4.78 is 0. The Morgan fingerprint density at radius 3 is 0.833 bits per heavy atom. The average Bonchev–Trinajstić information content (AvgIpc) is 3.85. The van der Waals surface area contributed by atoms with Gasteiger partial charge in [0.15, 0.2) is 17.5 Å². The van der Waals surface area contributed by atoms with Crippen LogP contribution in [0.3, 0.4) is 0 Å². The maximum Gasteiger partial charge on any atom is 0.174 e. The van der Waals surface area contributed by atoms with Crippen molar-refractivity contribution < 1.29 is 0 Å². The van der Waals surface area contributed by atoms with Crippen LogP contribution >= 0.6 is 68.0 Å². The zero-order valence-electron chi connectivity index (χ0n) is 23.3. The molecule has 3 nitrogen and oxygen atoms in total. The fraction of sp³-hybridized carbons (Fsp3) is 0.182. The number of rotatable bonds is 9. The molecule has 0 bridgehead atoms. The summed E-state index contributed by atoms with van der Waals surface area (Å²) in [7, 11) is 0. The highest BCUT2D eigenvalue weighted by Gasteiger charge is 2.18. The molecule has 0 atom stereocenters. The Bertz CT molecular complexity index is 1740. The first kappa shape index (κ1) is 28.0. The summed E-state index contributed by atoms with van der Waals surface area (Å²) in [4.78, 5) is 30.2. The van der Waals surface area contributed by atoms with E-state index in [1.54, 1.807) is 34.0 Å². The van der Waals surface area contributed by atoms with Crippen LogP contribution in [-0.2, 0) is 19.3 Å². The van der Waals surface area contributed by atoms with E-state index in [2.05, 4.69) is 93.6 Å². The summed E-state index contributed by atoms with van der Waals surface area (Å²) in [6.45, 7) is 6.62. The third-order valence-electron chi connectivity index (χ3n) is 6.87. The van der Waals surface area contributed by atoms with Crippen molar-refractivity contribution in [3.8, 4) is 61.4 Å². The normalized spacial score (nSPS) is 11.5. The van der Waals surface area contributed by atoms with E-state index in [1.807, 2.05) is 34.0 Å². The quantitative estimate of drug-likeness (QED) is 0.155. The van der Waals surface area contributed by atoms with Crippen molar-refractivity contribution in [2.24, 2.45) is 0 Å². The monoisotopic (exact) mass is 657 g/mol. The maximum absolute atomic E-state index is 5.05. The van der Waals surface area contributed by atoms with Gasteiger partial charge in [0.1, 0.15) is 0 Å². The molecule has 0 amide bonds. The van der Waals surface area contributed by atoms with Crippen LogP contribution in [0.25, 0.3) is 61.4 Å². The number of aryl methyl sites for hydroxylation is 3. The first-order chi connectivity index (χ1) is 20.6. The molecule has 0 aliphatic carbocycles. The zero-order chi connectivity index (χ0) is 28.6. The molecule has 0 fully saturated rings. The van der Waals surface area contributed by atoms with Crippen LogP contribution in [0.2, 0.25) is 0 Å². The molecule has 0 N–H and O–H groups in total. The Hall–Kier alpha value is -2.79. The first-order valence-electron chi connectivity index (χ1n) is 13.9. The first-order valence-corrected chi connectivity index (χ1v) is 18.8. The molecule has 0 aromatic carbocycles. The number of hydrogen-bond donors (Lipinski definition) is 0. The molecule has 0 aliphatic heterocycles. The minimum absolute atomic E-state index is 0.734. The molecule has 0 saturated carbocycles. The summed E-state index contributed by atoms with van der Waals surface area (Å²) in [5, 5.41) is 0. The SMILES string of the molecule is CCc1ccc(-c2ccc(-c3nc(-c4ccc(-c5ccc(CC)s5)s4)nc(-c4ccc(-c5ccc(CC)s5)s4)n3)s2)s1. The minimum Gasteiger partial charge on any atom is -0.206 e. The van der Waals surface area contributed by atoms with E-state index in [-0.39, 0.29) is 0 Å². The third-order valence-corrected chi connectivity index (χ3v) is 14.4. The summed E-state index contributed by atoms with van der Waals surface area (Å²) in [5.41, 5.74) is 0. The van der Waals surface area contributed by atoms with Crippen LogP contribution in [0.1, 0.15) is 35.4 Å². The highest BCUT2D eigenvalue weighted by Crippen LogP contribution is 2.42. The largest absolute Gasteiger partial charge is 0.206 e. The second-order valence-corrected chi connectivity index (χ2v) is 16.4. The molecule has 0 unspecified atom stereocenters. The van der Waals surface area contributed by atoms with Gasteiger partial charge in [-0.2, -0.15) is 0 Å². The summed E-state index contributed by atoms with van der Waals surface area (Å²) >= 11 is 10.9. The van der Waals surface area contributed by atoms with Gasteiger partial charge in [0.25, 0.3) is 0 Å². The van der Waals surface area contributed by atoms with Crippen LogP contribution in [0.5, 0.6) is 0 Å². The molecule has 7 aromatic rings. The Balaban J connectivity index is 1.29. The predicted octanol–water partition coefficient (Wildman–Crippen LogP) is 11.9. The van der Waals surface area contributed by atoms with Gasteiger partial charge in [-0.3, -0.25) is 0 Å². The van der Waals surface area contributed by atoms with E-state index in [9.17, 15) is 0 Å².